The Kier molecular flexibility index (Phi) is 2.52. The van der Waals surface area contributed by atoms with E-state index in [2.05, 4.69) is 0 Å². The Morgan fingerprint density at radius 3 is 2.56 bits per heavy atom. The number of rotatable bonds is 1. The molecule has 0 amide bonds. The molecule has 0 fully saturated rings. The highest BCUT2D eigenvalue weighted by molar-refractivity contribution is 5.46. The van der Waals surface area contributed by atoms with Gasteiger partial charge in [0.15, 0.2) is 0 Å². The molecule has 0 unspecified atom stereocenters. The monoisotopic (exact) mass is 214 g/mol. The lowest BCUT2D eigenvalue weighted by molar-refractivity contribution is 0.966. The second-order valence-electron chi connectivity index (χ2n) is 3.89. The van der Waals surface area contributed by atoms with E-state index in [1.807, 2.05) is 42.7 Å². The highest BCUT2D eigenvalue weighted by Gasteiger charge is 2.04. The fourth-order valence-corrected chi connectivity index (χ4v) is 1.74. The molecule has 0 atom stereocenters. The molecule has 16 heavy (non-hydrogen) atoms. The van der Waals surface area contributed by atoms with Gasteiger partial charge in [0, 0.05) is 23.6 Å². The van der Waals surface area contributed by atoms with Crippen LogP contribution in [0.5, 0.6) is 0 Å². The molecule has 1 heterocycles. The summed E-state index contributed by atoms with van der Waals surface area (Å²) in [7, 11) is 0. The number of aryl methyl sites for hydroxylation is 2. The van der Waals surface area contributed by atoms with Gasteiger partial charge in [0.05, 0.1) is 5.69 Å². The van der Waals surface area contributed by atoms with Crippen LogP contribution in [0.2, 0.25) is 0 Å². The molecular formula is C13H14N2O. The van der Waals surface area contributed by atoms with Gasteiger partial charge >= 0.3 is 0 Å². The number of benzene rings is 1. The molecule has 0 aliphatic carbocycles. The molecule has 1 aromatic heterocycles. The Labute approximate surface area is 94.1 Å². The van der Waals surface area contributed by atoms with Crippen LogP contribution in [0.15, 0.2) is 41.3 Å². The van der Waals surface area contributed by atoms with E-state index in [1.165, 1.54) is 0 Å². The van der Waals surface area contributed by atoms with Gasteiger partial charge in [0.25, 0.3) is 0 Å². The molecule has 0 saturated heterocycles. The third-order valence-electron chi connectivity index (χ3n) is 2.65. The van der Waals surface area contributed by atoms with Crippen molar-refractivity contribution in [3.8, 4) is 5.69 Å². The first kappa shape index (κ1) is 10.5. The molecule has 0 aliphatic rings. The summed E-state index contributed by atoms with van der Waals surface area (Å²) in [6.07, 6.45) is 1.68. The summed E-state index contributed by atoms with van der Waals surface area (Å²) in [5.41, 5.74) is 8.87. The van der Waals surface area contributed by atoms with Gasteiger partial charge in [-0.2, -0.15) is 0 Å². The second kappa shape index (κ2) is 3.85. The Hall–Kier alpha value is -2.03. The minimum Gasteiger partial charge on any atom is -0.394 e. The zero-order valence-electron chi connectivity index (χ0n) is 9.40. The van der Waals surface area contributed by atoms with E-state index < -0.39 is 0 Å². The standard InChI is InChI=1S/C13H14N2O/c1-9-5-3-4-6-12(9)15-8-11(14)13(16)7-10(15)2/h3-8H,14H2,1-2H3. The summed E-state index contributed by atoms with van der Waals surface area (Å²) in [5.74, 6) is 0. The third kappa shape index (κ3) is 1.72. The maximum atomic E-state index is 11.4. The Balaban J connectivity index is 2.70. The number of nitrogens with two attached hydrogens (primary N) is 1. The Morgan fingerprint density at radius 1 is 1.19 bits per heavy atom. The van der Waals surface area contributed by atoms with Gasteiger partial charge in [0.2, 0.25) is 5.43 Å². The van der Waals surface area contributed by atoms with Crippen LogP contribution in [-0.2, 0) is 0 Å². The summed E-state index contributed by atoms with van der Waals surface area (Å²) in [5, 5.41) is 0. The first-order valence-electron chi connectivity index (χ1n) is 5.14. The number of aromatic nitrogens is 1. The molecule has 0 spiro atoms. The molecule has 2 rings (SSSR count). The van der Waals surface area contributed by atoms with Crippen LogP contribution in [0.4, 0.5) is 5.69 Å². The average Bonchev–Trinajstić information content (AvgIpc) is 2.25. The summed E-state index contributed by atoms with van der Waals surface area (Å²) in [6, 6.07) is 9.55. The number of pyridine rings is 1. The maximum Gasteiger partial charge on any atom is 0.204 e. The Morgan fingerprint density at radius 2 is 1.88 bits per heavy atom. The van der Waals surface area contributed by atoms with Crippen molar-refractivity contribution in [1.82, 2.24) is 4.57 Å². The summed E-state index contributed by atoms with van der Waals surface area (Å²) in [4.78, 5) is 11.4. The molecule has 0 saturated carbocycles. The van der Waals surface area contributed by atoms with Gasteiger partial charge in [-0.25, -0.2) is 0 Å². The van der Waals surface area contributed by atoms with Crippen molar-refractivity contribution in [2.24, 2.45) is 0 Å². The molecule has 0 radical (unpaired) electrons. The minimum atomic E-state index is -0.123. The number of para-hydroxylation sites is 1. The van der Waals surface area contributed by atoms with Crippen LogP contribution in [0, 0.1) is 13.8 Å². The number of hydrogen-bond donors (Lipinski definition) is 1. The van der Waals surface area contributed by atoms with Gasteiger partial charge in [0.1, 0.15) is 0 Å². The highest BCUT2D eigenvalue weighted by atomic mass is 16.1. The molecule has 2 N–H and O–H groups in total. The van der Waals surface area contributed by atoms with E-state index in [-0.39, 0.29) is 11.1 Å². The molecule has 1 aromatic carbocycles. The van der Waals surface area contributed by atoms with Gasteiger partial charge in [-0.15, -0.1) is 0 Å². The lowest BCUT2D eigenvalue weighted by Crippen LogP contribution is -2.13. The van der Waals surface area contributed by atoms with Crippen LogP contribution >= 0.6 is 0 Å². The molecule has 0 aliphatic heterocycles. The van der Waals surface area contributed by atoms with Crippen molar-refractivity contribution in [3.63, 3.8) is 0 Å². The van der Waals surface area contributed by atoms with Crippen molar-refractivity contribution in [2.45, 2.75) is 13.8 Å². The maximum absolute atomic E-state index is 11.4. The SMILES string of the molecule is Cc1ccccc1-n1cc(N)c(=O)cc1C. The molecule has 2 aromatic rings. The topological polar surface area (TPSA) is 48.0 Å². The first-order chi connectivity index (χ1) is 7.59. The van der Waals surface area contributed by atoms with Gasteiger partial charge in [-0.1, -0.05) is 18.2 Å². The van der Waals surface area contributed by atoms with Crippen LogP contribution in [-0.4, -0.2) is 4.57 Å². The summed E-state index contributed by atoms with van der Waals surface area (Å²) < 4.78 is 1.94. The number of hydrogen-bond acceptors (Lipinski definition) is 2. The van der Waals surface area contributed by atoms with E-state index in [1.54, 1.807) is 12.3 Å². The average molecular weight is 214 g/mol. The van der Waals surface area contributed by atoms with Crippen LogP contribution in [0.25, 0.3) is 5.69 Å². The fourth-order valence-electron chi connectivity index (χ4n) is 1.74. The van der Waals surface area contributed by atoms with E-state index in [9.17, 15) is 4.79 Å². The zero-order valence-corrected chi connectivity index (χ0v) is 9.40. The van der Waals surface area contributed by atoms with Gasteiger partial charge in [-0.05, 0) is 25.5 Å². The summed E-state index contributed by atoms with van der Waals surface area (Å²) >= 11 is 0. The normalized spacial score (nSPS) is 10.4. The van der Waals surface area contributed by atoms with Crippen molar-refractivity contribution < 1.29 is 0 Å². The number of nitrogens with zero attached hydrogens (tertiary/aromatic N) is 1. The lowest BCUT2D eigenvalue weighted by atomic mass is 10.2. The van der Waals surface area contributed by atoms with E-state index in [4.69, 9.17) is 5.73 Å². The molecule has 0 bridgehead atoms. The van der Waals surface area contributed by atoms with Gasteiger partial charge in [-0.3, -0.25) is 4.79 Å². The van der Waals surface area contributed by atoms with Crippen LogP contribution in [0.1, 0.15) is 11.3 Å². The third-order valence-corrected chi connectivity index (χ3v) is 2.65. The van der Waals surface area contributed by atoms with Crippen LogP contribution in [0.3, 0.4) is 0 Å². The van der Waals surface area contributed by atoms with Crippen molar-refractivity contribution in [1.29, 1.82) is 0 Å². The zero-order chi connectivity index (χ0) is 11.7. The van der Waals surface area contributed by atoms with Crippen molar-refractivity contribution in [2.75, 3.05) is 5.73 Å². The first-order valence-corrected chi connectivity index (χ1v) is 5.14. The molecule has 3 nitrogen and oxygen atoms in total. The van der Waals surface area contributed by atoms with Gasteiger partial charge < -0.3 is 10.3 Å². The fraction of sp³-hybridized carbons (Fsp3) is 0.154. The highest BCUT2D eigenvalue weighted by Crippen LogP contribution is 2.15. The van der Waals surface area contributed by atoms with Crippen LogP contribution < -0.4 is 11.2 Å². The minimum absolute atomic E-state index is 0.123. The lowest BCUT2D eigenvalue weighted by Gasteiger charge is -2.13. The molecule has 82 valence electrons. The molecule has 3 heteroatoms. The number of anilines is 1. The predicted molar refractivity (Wildman–Crippen MR) is 65.9 cm³/mol. The van der Waals surface area contributed by atoms with E-state index in [0.29, 0.717) is 0 Å². The Bertz CT molecular complexity index is 585. The second-order valence-corrected chi connectivity index (χ2v) is 3.89. The van der Waals surface area contributed by atoms with E-state index >= 15 is 0 Å². The summed E-state index contributed by atoms with van der Waals surface area (Å²) in [6.45, 7) is 3.93. The van der Waals surface area contributed by atoms with E-state index in [0.717, 1.165) is 16.9 Å². The predicted octanol–water partition coefficient (Wildman–Crippen LogP) is 2.04. The smallest absolute Gasteiger partial charge is 0.204 e. The van der Waals surface area contributed by atoms with Crippen molar-refractivity contribution in [3.05, 3.63) is 58.0 Å². The molecular weight excluding hydrogens is 200 g/mol. The van der Waals surface area contributed by atoms with Crippen molar-refractivity contribution >= 4 is 5.69 Å². The number of nitrogen functional groups attached to an aromatic ring is 1. The quantitative estimate of drug-likeness (QED) is 0.789. The largest absolute Gasteiger partial charge is 0.394 e.